The topological polar surface area (TPSA) is 54.0 Å². The lowest BCUT2D eigenvalue weighted by atomic mass is 10.2. The largest absolute Gasteiger partial charge is 0.333 e. The van der Waals surface area contributed by atoms with Gasteiger partial charge in [0.15, 0.2) is 6.04 Å². The van der Waals surface area contributed by atoms with Crippen molar-refractivity contribution in [2.75, 3.05) is 4.90 Å². The summed E-state index contributed by atoms with van der Waals surface area (Å²) < 4.78 is 0. The predicted molar refractivity (Wildman–Crippen MR) is 71.5 cm³/mol. The fourth-order valence-corrected chi connectivity index (χ4v) is 3.13. The number of benzene rings is 1. The van der Waals surface area contributed by atoms with Gasteiger partial charge in [-0.2, -0.15) is 0 Å². The Bertz CT molecular complexity index is 480. The maximum Gasteiger partial charge on any atom is 0.292 e. The summed E-state index contributed by atoms with van der Waals surface area (Å²) in [5.41, 5.74) is 0.694. The van der Waals surface area contributed by atoms with Gasteiger partial charge in [-0.3, -0.25) is 9.59 Å². The molecular formula is C15H19N2O2+. The summed E-state index contributed by atoms with van der Waals surface area (Å²) in [6.45, 7) is 0. The molecule has 0 spiro atoms. The number of hydrogen-bond donors (Lipinski definition) is 1. The van der Waals surface area contributed by atoms with E-state index in [1.807, 2.05) is 30.3 Å². The van der Waals surface area contributed by atoms with Crippen molar-refractivity contribution in [3.05, 3.63) is 30.3 Å². The number of para-hydroxylation sites is 1. The normalized spacial score (nSPS) is 24.4. The van der Waals surface area contributed by atoms with Crippen LogP contribution in [0.1, 0.15) is 32.1 Å². The molecule has 1 heterocycles. The zero-order chi connectivity index (χ0) is 13.2. The first-order chi connectivity index (χ1) is 9.25. The third-order valence-corrected chi connectivity index (χ3v) is 4.10. The average Bonchev–Trinajstić information content (AvgIpc) is 3.01. The van der Waals surface area contributed by atoms with Crippen molar-refractivity contribution >= 4 is 17.5 Å². The number of nitrogens with zero attached hydrogens (tertiary/aromatic N) is 1. The Morgan fingerprint density at radius 3 is 2.42 bits per heavy atom. The Hall–Kier alpha value is -1.68. The molecule has 2 N–H and O–H groups in total. The Morgan fingerprint density at radius 1 is 1.05 bits per heavy atom. The first kappa shape index (κ1) is 12.4. The quantitative estimate of drug-likeness (QED) is 0.817. The molecule has 1 aromatic rings. The van der Waals surface area contributed by atoms with E-state index in [1.165, 1.54) is 30.6 Å². The van der Waals surface area contributed by atoms with Gasteiger partial charge in [0.05, 0.1) is 18.2 Å². The van der Waals surface area contributed by atoms with E-state index in [9.17, 15) is 9.59 Å². The Morgan fingerprint density at radius 2 is 1.74 bits per heavy atom. The second kappa shape index (κ2) is 5.13. The number of rotatable bonds is 3. The van der Waals surface area contributed by atoms with Crippen molar-refractivity contribution in [3.63, 3.8) is 0 Å². The number of nitrogens with two attached hydrogens (primary N) is 1. The standard InChI is InChI=1S/C15H18N2O2/c18-14-10-13(16-11-6-4-5-7-11)15(19)17(14)12-8-2-1-3-9-12/h1-3,8-9,11,13,16H,4-7,10H2/p+1/t13-/m0/s1. The molecule has 2 aliphatic rings. The molecule has 2 fully saturated rings. The minimum Gasteiger partial charge on any atom is -0.333 e. The van der Waals surface area contributed by atoms with Crippen molar-refractivity contribution in [1.29, 1.82) is 0 Å². The summed E-state index contributed by atoms with van der Waals surface area (Å²) >= 11 is 0. The van der Waals surface area contributed by atoms with Crippen LogP contribution >= 0.6 is 0 Å². The molecule has 1 saturated heterocycles. The maximum absolute atomic E-state index is 12.4. The van der Waals surface area contributed by atoms with Crippen LogP contribution in [0.2, 0.25) is 0 Å². The molecule has 0 radical (unpaired) electrons. The van der Waals surface area contributed by atoms with Crippen molar-refractivity contribution in [2.24, 2.45) is 0 Å². The van der Waals surface area contributed by atoms with E-state index in [4.69, 9.17) is 0 Å². The number of imide groups is 1. The molecule has 4 nitrogen and oxygen atoms in total. The zero-order valence-corrected chi connectivity index (χ0v) is 10.9. The molecule has 1 atom stereocenters. The van der Waals surface area contributed by atoms with Crippen molar-refractivity contribution in [1.82, 2.24) is 0 Å². The lowest BCUT2D eigenvalue weighted by molar-refractivity contribution is -0.706. The minimum atomic E-state index is -0.212. The molecule has 100 valence electrons. The molecule has 1 aliphatic carbocycles. The van der Waals surface area contributed by atoms with E-state index in [0.717, 1.165) is 0 Å². The van der Waals surface area contributed by atoms with E-state index < -0.39 is 0 Å². The van der Waals surface area contributed by atoms with Crippen LogP contribution in [-0.4, -0.2) is 23.9 Å². The fraction of sp³-hybridized carbons (Fsp3) is 0.467. The number of hydrogen-bond acceptors (Lipinski definition) is 2. The van der Waals surface area contributed by atoms with Gasteiger partial charge in [0.25, 0.3) is 5.91 Å². The average molecular weight is 259 g/mol. The second-order valence-electron chi connectivity index (χ2n) is 5.45. The summed E-state index contributed by atoms with van der Waals surface area (Å²) in [4.78, 5) is 25.8. The van der Waals surface area contributed by atoms with Gasteiger partial charge in [0.1, 0.15) is 0 Å². The molecule has 0 unspecified atom stereocenters. The first-order valence-corrected chi connectivity index (χ1v) is 7.02. The Kier molecular flexibility index (Phi) is 3.34. The number of anilines is 1. The highest BCUT2D eigenvalue weighted by molar-refractivity contribution is 6.21. The van der Waals surface area contributed by atoms with Gasteiger partial charge >= 0.3 is 0 Å². The van der Waals surface area contributed by atoms with Gasteiger partial charge in [-0.25, -0.2) is 4.90 Å². The molecule has 19 heavy (non-hydrogen) atoms. The summed E-state index contributed by atoms with van der Waals surface area (Å²) in [6, 6.07) is 9.53. The van der Waals surface area contributed by atoms with Gasteiger partial charge < -0.3 is 5.32 Å². The summed E-state index contributed by atoms with van der Waals surface area (Å²) in [5, 5.41) is 2.12. The van der Waals surface area contributed by atoms with Crippen molar-refractivity contribution in [2.45, 2.75) is 44.2 Å². The molecule has 0 aromatic heterocycles. The number of carbonyl (C=O) groups excluding carboxylic acids is 2. The van der Waals surface area contributed by atoms with Crippen LogP contribution < -0.4 is 10.2 Å². The molecule has 0 bridgehead atoms. The molecule has 1 aromatic carbocycles. The highest BCUT2D eigenvalue weighted by Crippen LogP contribution is 2.22. The van der Waals surface area contributed by atoms with Crippen molar-refractivity contribution < 1.29 is 14.9 Å². The van der Waals surface area contributed by atoms with E-state index in [2.05, 4.69) is 5.32 Å². The van der Waals surface area contributed by atoms with E-state index in [0.29, 0.717) is 18.2 Å². The Labute approximate surface area is 112 Å². The van der Waals surface area contributed by atoms with Crippen LogP contribution in [0.3, 0.4) is 0 Å². The van der Waals surface area contributed by atoms with Gasteiger partial charge in [-0.15, -0.1) is 0 Å². The monoisotopic (exact) mass is 259 g/mol. The van der Waals surface area contributed by atoms with Gasteiger partial charge in [-0.1, -0.05) is 18.2 Å². The fourth-order valence-electron chi connectivity index (χ4n) is 3.13. The Balaban J connectivity index is 1.74. The second-order valence-corrected chi connectivity index (χ2v) is 5.45. The molecule has 3 rings (SSSR count). The van der Waals surface area contributed by atoms with Crippen LogP contribution in [0.15, 0.2) is 30.3 Å². The van der Waals surface area contributed by atoms with Gasteiger partial charge in [0.2, 0.25) is 5.91 Å². The third-order valence-electron chi connectivity index (χ3n) is 4.10. The molecule has 1 saturated carbocycles. The summed E-state index contributed by atoms with van der Waals surface area (Å²) in [7, 11) is 0. The summed E-state index contributed by atoms with van der Waals surface area (Å²) in [6.07, 6.45) is 5.17. The highest BCUT2D eigenvalue weighted by atomic mass is 16.2. The van der Waals surface area contributed by atoms with E-state index >= 15 is 0 Å². The molecular weight excluding hydrogens is 240 g/mol. The molecule has 4 heteroatoms. The predicted octanol–water partition coefficient (Wildman–Crippen LogP) is 0.824. The minimum absolute atomic E-state index is 0.0527. The maximum atomic E-state index is 12.4. The van der Waals surface area contributed by atoms with Crippen molar-refractivity contribution in [3.8, 4) is 0 Å². The van der Waals surface area contributed by atoms with E-state index in [1.54, 1.807) is 0 Å². The summed E-state index contributed by atoms with van der Waals surface area (Å²) in [5.74, 6) is -0.126. The number of quaternary nitrogens is 1. The van der Waals surface area contributed by atoms with Crippen LogP contribution in [-0.2, 0) is 9.59 Å². The van der Waals surface area contributed by atoms with Crippen LogP contribution in [0.5, 0.6) is 0 Å². The first-order valence-electron chi connectivity index (χ1n) is 7.02. The van der Waals surface area contributed by atoms with Gasteiger partial charge in [0, 0.05) is 0 Å². The number of amides is 2. The SMILES string of the molecule is O=C1C[C@H]([NH2+]C2CCCC2)C(=O)N1c1ccccc1. The lowest BCUT2D eigenvalue weighted by Gasteiger charge is -2.15. The third kappa shape index (κ3) is 2.40. The number of carbonyl (C=O) groups is 2. The zero-order valence-electron chi connectivity index (χ0n) is 10.9. The smallest absolute Gasteiger partial charge is 0.292 e. The molecule has 1 aliphatic heterocycles. The van der Waals surface area contributed by atoms with Gasteiger partial charge in [-0.05, 0) is 37.8 Å². The lowest BCUT2D eigenvalue weighted by Crippen LogP contribution is -2.95. The van der Waals surface area contributed by atoms with E-state index in [-0.39, 0.29) is 17.9 Å². The highest BCUT2D eigenvalue weighted by Gasteiger charge is 2.43. The van der Waals surface area contributed by atoms with Crippen LogP contribution in [0.4, 0.5) is 5.69 Å². The molecule has 2 amide bonds. The van der Waals surface area contributed by atoms with Crippen LogP contribution in [0.25, 0.3) is 0 Å². The van der Waals surface area contributed by atoms with Crippen LogP contribution in [0, 0.1) is 0 Å².